The van der Waals surface area contributed by atoms with E-state index in [-0.39, 0.29) is 19.1 Å². The van der Waals surface area contributed by atoms with Crippen LogP contribution in [0.25, 0.3) is 0 Å². The highest BCUT2D eigenvalue weighted by Crippen LogP contribution is 2.43. The van der Waals surface area contributed by atoms with E-state index >= 15 is 0 Å². The van der Waals surface area contributed by atoms with Gasteiger partial charge in [-0.1, -0.05) is 173 Å². The van der Waals surface area contributed by atoms with Gasteiger partial charge in [0.2, 0.25) is 5.91 Å². The number of phosphoric acid groups is 1. The zero-order valence-corrected chi connectivity index (χ0v) is 36.4. The molecule has 0 rings (SSSR count). The number of amides is 1. The maximum absolute atomic E-state index is 12.8. The fourth-order valence-corrected chi connectivity index (χ4v) is 7.07. The second-order valence-electron chi connectivity index (χ2n) is 16.4. The van der Waals surface area contributed by atoms with E-state index in [9.17, 15) is 19.4 Å². The number of aliphatic hydroxyl groups is 1. The van der Waals surface area contributed by atoms with Crippen LogP contribution < -0.4 is 5.32 Å². The van der Waals surface area contributed by atoms with Crippen LogP contribution in [-0.4, -0.2) is 73.4 Å². The maximum atomic E-state index is 12.8. The number of hydrogen-bond donors (Lipinski definition) is 3. The van der Waals surface area contributed by atoms with Crippen LogP contribution in [0, 0.1) is 0 Å². The number of rotatable bonds is 40. The predicted molar refractivity (Wildman–Crippen MR) is 226 cm³/mol. The Hall–Kier alpha value is -1.02. The van der Waals surface area contributed by atoms with Crippen molar-refractivity contribution in [2.45, 2.75) is 212 Å². The van der Waals surface area contributed by atoms with Gasteiger partial charge >= 0.3 is 7.82 Å². The minimum atomic E-state index is -4.33. The van der Waals surface area contributed by atoms with E-state index < -0.39 is 20.0 Å². The molecule has 0 aliphatic carbocycles. The molecule has 0 aliphatic rings. The van der Waals surface area contributed by atoms with Gasteiger partial charge in [0.05, 0.1) is 39.9 Å². The van der Waals surface area contributed by atoms with Gasteiger partial charge in [-0.25, -0.2) is 4.57 Å². The Morgan fingerprint density at radius 2 is 1.02 bits per heavy atom. The standard InChI is InChI=1S/C44H87N2O6P/c1-6-8-10-12-14-16-17-18-19-20-21-22-23-24-25-26-27-28-30-32-34-36-38-44(48)45-42(41-52-53(49,50)51-40-39-46(3,4)5)43(47)37-35-33-31-29-15-13-11-9-7-2/h23-24,35,37,42-43,47H,6-22,25-34,36,38-41H2,1-5H3,(H-,45,48,49,50)/p+1/b24-23-,37-35+. The van der Waals surface area contributed by atoms with Gasteiger partial charge in [0, 0.05) is 6.42 Å². The molecule has 0 spiro atoms. The summed E-state index contributed by atoms with van der Waals surface area (Å²) in [6.07, 6.45) is 42.6. The van der Waals surface area contributed by atoms with Crippen molar-refractivity contribution < 1.29 is 32.9 Å². The number of aliphatic hydroxyl groups excluding tert-OH is 1. The second kappa shape index (κ2) is 36.6. The van der Waals surface area contributed by atoms with Crippen LogP contribution in [-0.2, 0) is 18.4 Å². The van der Waals surface area contributed by atoms with Crippen LogP contribution in [0.1, 0.15) is 200 Å². The normalized spacial score (nSPS) is 14.6. The van der Waals surface area contributed by atoms with E-state index in [0.717, 1.165) is 38.5 Å². The Balaban J connectivity index is 4.24. The Bertz CT molecular complexity index is 922. The molecule has 314 valence electrons. The lowest BCUT2D eigenvalue weighted by Gasteiger charge is -2.25. The Morgan fingerprint density at radius 1 is 0.623 bits per heavy atom. The summed E-state index contributed by atoms with van der Waals surface area (Å²) in [7, 11) is 1.57. The highest BCUT2D eigenvalue weighted by Gasteiger charge is 2.27. The zero-order valence-electron chi connectivity index (χ0n) is 35.5. The molecule has 3 atom stereocenters. The third-order valence-corrected chi connectivity index (χ3v) is 10.9. The molecule has 0 bridgehead atoms. The summed E-state index contributed by atoms with van der Waals surface area (Å²) < 4.78 is 23.5. The van der Waals surface area contributed by atoms with Crippen molar-refractivity contribution in [2.75, 3.05) is 40.9 Å². The molecule has 0 saturated carbocycles. The third kappa shape index (κ3) is 39.0. The molecule has 0 fully saturated rings. The van der Waals surface area contributed by atoms with Gasteiger partial charge in [-0.15, -0.1) is 0 Å². The van der Waals surface area contributed by atoms with Crippen molar-refractivity contribution in [1.29, 1.82) is 0 Å². The lowest BCUT2D eigenvalue weighted by molar-refractivity contribution is -0.870. The average molecular weight is 772 g/mol. The lowest BCUT2D eigenvalue weighted by atomic mass is 10.0. The number of carbonyl (C=O) groups is 1. The molecular weight excluding hydrogens is 683 g/mol. The number of nitrogens with zero attached hydrogens (tertiary/aromatic N) is 1. The molecule has 3 N–H and O–H groups in total. The first-order valence-electron chi connectivity index (χ1n) is 22.2. The van der Waals surface area contributed by atoms with Gasteiger partial charge in [0.15, 0.2) is 0 Å². The molecule has 1 amide bonds. The first kappa shape index (κ1) is 52.0. The molecule has 0 aromatic rings. The van der Waals surface area contributed by atoms with E-state index in [1.54, 1.807) is 6.08 Å². The summed E-state index contributed by atoms with van der Waals surface area (Å²) in [5.74, 6) is -0.184. The van der Waals surface area contributed by atoms with Gasteiger partial charge in [-0.05, 0) is 44.9 Å². The smallest absolute Gasteiger partial charge is 0.387 e. The van der Waals surface area contributed by atoms with Crippen molar-refractivity contribution in [3.05, 3.63) is 24.3 Å². The quantitative estimate of drug-likeness (QED) is 0.0248. The summed E-state index contributed by atoms with van der Waals surface area (Å²) in [6.45, 7) is 4.78. The van der Waals surface area contributed by atoms with Gasteiger partial charge in [0.25, 0.3) is 0 Å². The van der Waals surface area contributed by atoms with E-state index in [4.69, 9.17) is 9.05 Å². The van der Waals surface area contributed by atoms with Crippen molar-refractivity contribution in [3.63, 3.8) is 0 Å². The second-order valence-corrected chi connectivity index (χ2v) is 17.9. The van der Waals surface area contributed by atoms with Crippen molar-refractivity contribution >= 4 is 13.7 Å². The molecule has 9 heteroatoms. The minimum absolute atomic E-state index is 0.0613. The van der Waals surface area contributed by atoms with Gasteiger partial charge < -0.3 is 19.8 Å². The number of quaternary nitrogens is 1. The summed E-state index contributed by atoms with van der Waals surface area (Å²) >= 11 is 0. The summed E-state index contributed by atoms with van der Waals surface area (Å²) in [5.41, 5.74) is 0. The number of likely N-dealkylation sites (N-methyl/N-ethyl adjacent to an activating group) is 1. The highest BCUT2D eigenvalue weighted by molar-refractivity contribution is 7.47. The Morgan fingerprint density at radius 3 is 1.45 bits per heavy atom. The number of allylic oxidation sites excluding steroid dienone is 3. The Labute approximate surface area is 328 Å². The molecule has 8 nitrogen and oxygen atoms in total. The van der Waals surface area contributed by atoms with E-state index in [0.29, 0.717) is 17.4 Å². The number of nitrogens with one attached hydrogen (secondary N) is 1. The molecule has 0 aromatic heterocycles. The SMILES string of the molecule is CCCCCCCCC/C=C/C(O)C(COP(=O)(O)OCC[N+](C)(C)C)NC(=O)CCCCCCCCC/C=C\CCCCCCCCCCCCC. The largest absolute Gasteiger partial charge is 0.472 e. The van der Waals surface area contributed by atoms with Crippen molar-refractivity contribution in [1.82, 2.24) is 5.32 Å². The van der Waals surface area contributed by atoms with Crippen LogP contribution >= 0.6 is 7.82 Å². The number of unbranched alkanes of at least 4 members (excludes halogenated alkanes) is 25. The number of hydrogen-bond acceptors (Lipinski definition) is 5. The summed E-state index contributed by atoms with van der Waals surface area (Å²) in [4.78, 5) is 23.0. The van der Waals surface area contributed by atoms with Crippen LogP contribution in [0.5, 0.6) is 0 Å². The van der Waals surface area contributed by atoms with Gasteiger partial charge in [-0.2, -0.15) is 0 Å². The van der Waals surface area contributed by atoms with Crippen molar-refractivity contribution in [3.8, 4) is 0 Å². The van der Waals surface area contributed by atoms with E-state index in [1.807, 2.05) is 27.2 Å². The molecule has 0 heterocycles. The minimum Gasteiger partial charge on any atom is -0.387 e. The highest BCUT2D eigenvalue weighted by atomic mass is 31.2. The van der Waals surface area contributed by atoms with E-state index in [2.05, 4.69) is 31.3 Å². The van der Waals surface area contributed by atoms with Gasteiger partial charge in [0.1, 0.15) is 13.2 Å². The first-order chi connectivity index (χ1) is 25.5. The fourth-order valence-electron chi connectivity index (χ4n) is 6.33. The first-order valence-corrected chi connectivity index (χ1v) is 23.7. The van der Waals surface area contributed by atoms with Crippen LogP contribution in [0.2, 0.25) is 0 Å². The molecule has 3 unspecified atom stereocenters. The molecule has 0 aromatic carbocycles. The van der Waals surface area contributed by atoms with Crippen molar-refractivity contribution in [2.24, 2.45) is 0 Å². The summed E-state index contributed by atoms with van der Waals surface area (Å²) in [6, 6.07) is -0.843. The molecule has 53 heavy (non-hydrogen) atoms. The number of carbonyl (C=O) groups excluding carboxylic acids is 1. The third-order valence-electron chi connectivity index (χ3n) is 9.92. The molecule has 0 aliphatic heterocycles. The monoisotopic (exact) mass is 772 g/mol. The number of phosphoric ester groups is 1. The van der Waals surface area contributed by atoms with Gasteiger partial charge in [-0.3, -0.25) is 13.8 Å². The zero-order chi connectivity index (χ0) is 39.3. The molecule has 0 radical (unpaired) electrons. The van der Waals surface area contributed by atoms with Crippen LogP contribution in [0.3, 0.4) is 0 Å². The van der Waals surface area contributed by atoms with Crippen LogP contribution in [0.15, 0.2) is 24.3 Å². The van der Waals surface area contributed by atoms with Crippen LogP contribution in [0.4, 0.5) is 0 Å². The summed E-state index contributed by atoms with van der Waals surface area (Å²) in [5, 5.41) is 13.7. The Kier molecular flexibility index (Phi) is 35.9. The fraction of sp³-hybridized carbons (Fsp3) is 0.886. The molecular formula is C44H88N2O6P+. The predicted octanol–water partition coefficient (Wildman–Crippen LogP) is 12.1. The average Bonchev–Trinajstić information content (AvgIpc) is 3.10. The lowest BCUT2D eigenvalue weighted by Crippen LogP contribution is -2.45. The van der Waals surface area contributed by atoms with E-state index in [1.165, 1.54) is 141 Å². The maximum Gasteiger partial charge on any atom is 0.472 e. The molecule has 0 saturated heterocycles. The topological polar surface area (TPSA) is 105 Å².